The summed E-state index contributed by atoms with van der Waals surface area (Å²) >= 11 is 0. The number of hydrogen-bond acceptors (Lipinski definition) is 4. The van der Waals surface area contributed by atoms with Crippen LogP contribution in [0.5, 0.6) is 11.5 Å². The molecule has 1 saturated heterocycles. The fraction of sp³-hybridized carbons (Fsp3) is 0.647. The number of hydrogen-bond donors (Lipinski definition) is 1. The highest BCUT2D eigenvalue weighted by molar-refractivity contribution is 5.46. The third-order valence-corrected chi connectivity index (χ3v) is 3.83. The van der Waals surface area contributed by atoms with E-state index in [2.05, 4.69) is 16.3 Å². The predicted molar refractivity (Wildman–Crippen MR) is 86.2 cm³/mol. The van der Waals surface area contributed by atoms with Crippen LogP contribution in [-0.4, -0.2) is 44.8 Å². The molecular weight excluding hydrogens is 264 g/mol. The van der Waals surface area contributed by atoms with Gasteiger partial charge in [0.15, 0.2) is 11.5 Å². The summed E-state index contributed by atoms with van der Waals surface area (Å²) in [5.74, 6) is 1.75. The van der Waals surface area contributed by atoms with E-state index in [0.717, 1.165) is 36.8 Å². The Morgan fingerprint density at radius 3 is 2.67 bits per heavy atom. The Hall–Kier alpha value is -1.26. The first-order chi connectivity index (χ1) is 10.3. The monoisotopic (exact) mass is 292 g/mol. The van der Waals surface area contributed by atoms with Crippen LogP contribution in [0, 0.1) is 0 Å². The van der Waals surface area contributed by atoms with Gasteiger partial charge >= 0.3 is 0 Å². The third-order valence-electron chi connectivity index (χ3n) is 3.83. The minimum Gasteiger partial charge on any atom is -0.490 e. The van der Waals surface area contributed by atoms with E-state index in [1.165, 1.54) is 32.4 Å². The van der Waals surface area contributed by atoms with Crippen molar-refractivity contribution in [2.24, 2.45) is 0 Å². The maximum Gasteiger partial charge on any atom is 0.165 e. The minimum atomic E-state index is 0.658. The van der Waals surface area contributed by atoms with Crippen molar-refractivity contribution in [3.8, 4) is 11.5 Å². The molecule has 0 aliphatic carbocycles. The first kappa shape index (κ1) is 16.1. The maximum atomic E-state index is 6.07. The zero-order valence-corrected chi connectivity index (χ0v) is 13.4. The van der Waals surface area contributed by atoms with Crippen molar-refractivity contribution in [2.75, 3.05) is 39.9 Å². The molecule has 1 fully saturated rings. The lowest BCUT2D eigenvalue weighted by Crippen LogP contribution is -2.33. The molecule has 1 aromatic rings. The van der Waals surface area contributed by atoms with Crippen LogP contribution in [0.3, 0.4) is 0 Å². The van der Waals surface area contributed by atoms with Crippen LogP contribution < -0.4 is 14.8 Å². The average Bonchev–Trinajstić information content (AvgIpc) is 2.51. The second kappa shape index (κ2) is 8.90. The van der Waals surface area contributed by atoms with Crippen molar-refractivity contribution >= 4 is 0 Å². The lowest BCUT2D eigenvalue weighted by atomic mass is 10.1. The van der Waals surface area contributed by atoms with Crippen LogP contribution in [0.1, 0.15) is 31.7 Å². The highest BCUT2D eigenvalue weighted by Gasteiger charge is 2.13. The molecule has 1 heterocycles. The van der Waals surface area contributed by atoms with Gasteiger partial charge in [-0.25, -0.2) is 0 Å². The number of rotatable bonds is 8. The molecule has 0 amide bonds. The molecule has 4 heteroatoms. The fourth-order valence-corrected chi connectivity index (χ4v) is 2.78. The molecule has 0 spiro atoms. The molecular formula is C17H28N2O2. The van der Waals surface area contributed by atoms with Crippen LogP contribution >= 0.6 is 0 Å². The quantitative estimate of drug-likeness (QED) is 0.799. The second-order valence-corrected chi connectivity index (χ2v) is 5.46. The summed E-state index contributed by atoms with van der Waals surface area (Å²) in [5, 5.41) is 3.19. The number of nitrogens with zero attached hydrogens (tertiary/aromatic N) is 1. The molecule has 2 rings (SSSR count). The first-order valence-corrected chi connectivity index (χ1v) is 8.09. The maximum absolute atomic E-state index is 6.07. The lowest BCUT2D eigenvalue weighted by molar-refractivity contribution is 0.178. The molecule has 0 aromatic heterocycles. The van der Waals surface area contributed by atoms with Gasteiger partial charge in [0.2, 0.25) is 0 Å². The topological polar surface area (TPSA) is 33.7 Å². The Labute approximate surface area is 128 Å². The van der Waals surface area contributed by atoms with Gasteiger partial charge in [-0.05, 0) is 46.0 Å². The Bertz CT molecular complexity index is 393. The predicted octanol–water partition coefficient (Wildman–Crippen LogP) is 2.67. The fourth-order valence-electron chi connectivity index (χ4n) is 2.78. The minimum absolute atomic E-state index is 0.658. The summed E-state index contributed by atoms with van der Waals surface area (Å²) in [4.78, 5) is 2.49. The highest BCUT2D eigenvalue weighted by Crippen LogP contribution is 2.31. The third kappa shape index (κ3) is 4.90. The lowest BCUT2D eigenvalue weighted by Gasteiger charge is -2.26. The van der Waals surface area contributed by atoms with E-state index in [4.69, 9.17) is 9.47 Å². The molecule has 0 unspecified atom stereocenters. The SMILES string of the molecule is CCOc1cccc(CNC)c1OCCN1CCCCC1. The van der Waals surface area contributed by atoms with Crippen molar-refractivity contribution in [3.63, 3.8) is 0 Å². The molecule has 0 atom stereocenters. The average molecular weight is 292 g/mol. The Morgan fingerprint density at radius 2 is 1.95 bits per heavy atom. The van der Waals surface area contributed by atoms with Crippen molar-refractivity contribution in [2.45, 2.75) is 32.7 Å². The molecule has 1 aromatic carbocycles. The van der Waals surface area contributed by atoms with Crippen LogP contribution in [0.25, 0.3) is 0 Å². The second-order valence-electron chi connectivity index (χ2n) is 5.46. The van der Waals surface area contributed by atoms with Crippen molar-refractivity contribution in [3.05, 3.63) is 23.8 Å². The van der Waals surface area contributed by atoms with Crippen LogP contribution in [0.15, 0.2) is 18.2 Å². The summed E-state index contributed by atoms with van der Waals surface area (Å²) < 4.78 is 11.8. The van der Waals surface area contributed by atoms with Gasteiger partial charge in [-0.15, -0.1) is 0 Å². The standard InChI is InChI=1S/C17H28N2O2/c1-3-20-16-9-7-8-15(14-18-2)17(16)21-13-12-19-10-5-4-6-11-19/h7-9,18H,3-6,10-14H2,1-2H3. The summed E-state index contributed by atoms with van der Waals surface area (Å²) in [6.07, 6.45) is 4.01. The Kier molecular flexibility index (Phi) is 6.83. The smallest absolute Gasteiger partial charge is 0.165 e. The summed E-state index contributed by atoms with van der Waals surface area (Å²) in [5.41, 5.74) is 1.15. The first-order valence-electron chi connectivity index (χ1n) is 8.09. The molecule has 1 aliphatic rings. The van der Waals surface area contributed by atoms with Gasteiger partial charge in [0, 0.05) is 18.7 Å². The van der Waals surface area contributed by atoms with E-state index in [1.54, 1.807) is 0 Å². The summed E-state index contributed by atoms with van der Waals surface area (Å²) in [6.45, 7) is 7.59. The van der Waals surface area contributed by atoms with Crippen LogP contribution in [0.2, 0.25) is 0 Å². The molecule has 118 valence electrons. The highest BCUT2D eigenvalue weighted by atomic mass is 16.5. The number of nitrogens with one attached hydrogen (secondary N) is 1. The van der Waals surface area contributed by atoms with Crippen molar-refractivity contribution in [1.82, 2.24) is 10.2 Å². The van der Waals surface area contributed by atoms with E-state index in [0.29, 0.717) is 6.61 Å². The van der Waals surface area contributed by atoms with E-state index in [9.17, 15) is 0 Å². The molecule has 4 nitrogen and oxygen atoms in total. The van der Waals surface area contributed by atoms with Gasteiger partial charge in [-0.1, -0.05) is 18.6 Å². The molecule has 1 aliphatic heterocycles. The van der Waals surface area contributed by atoms with Gasteiger partial charge < -0.3 is 14.8 Å². The number of piperidine rings is 1. The van der Waals surface area contributed by atoms with Gasteiger partial charge in [-0.3, -0.25) is 4.90 Å². The van der Waals surface area contributed by atoms with E-state index in [-0.39, 0.29) is 0 Å². The van der Waals surface area contributed by atoms with E-state index < -0.39 is 0 Å². The Balaban J connectivity index is 1.95. The van der Waals surface area contributed by atoms with Crippen LogP contribution in [-0.2, 0) is 6.54 Å². The van der Waals surface area contributed by atoms with E-state index >= 15 is 0 Å². The molecule has 0 radical (unpaired) electrons. The number of ether oxygens (including phenoxy) is 2. The van der Waals surface area contributed by atoms with Gasteiger partial charge in [-0.2, -0.15) is 0 Å². The zero-order valence-electron chi connectivity index (χ0n) is 13.4. The van der Waals surface area contributed by atoms with Crippen LogP contribution in [0.4, 0.5) is 0 Å². The summed E-state index contributed by atoms with van der Waals surface area (Å²) in [7, 11) is 1.95. The number of para-hydroxylation sites is 1. The van der Waals surface area contributed by atoms with E-state index in [1.807, 2.05) is 26.1 Å². The zero-order chi connectivity index (χ0) is 14.9. The number of benzene rings is 1. The molecule has 21 heavy (non-hydrogen) atoms. The summed E-state index contributed by atoms with van der Waals surface area (Å²) in [6, 6.07) is 6.10. The van der Waals surface area contributed by atoms with Gasteiger partial charge in [0.25, 0.3) is 0 Å². The molecule has 0 saturated carbocycles. The largest absolute Gasteiger partial charge is 0.490 e. The van der Waals surface area contributed by atoms with Crippen molar-refractivity contribution < 1.29 is 9.47 Å². The molecule has 0 bridgehead atoms. The molecule has 1 N–H and O–H groups in total. The van der Waals surface area contributed by atoms with Gasteiger partial charge in [0.1, 0.15) is 6.61 Å². The number of likely N-dealkylation sites (tertiary alicyclic amines) is 1. The Morgan fingerprint density at radius 1 is 1.14 bits per heavy atom. The normalized spacial score (nSPS) is 15.9. The van der Waals surface area contributed by atoms with Gasteiger partial charge in [0.05, 0.1) is 6.61 Å². The van der Waals surface area contributed by atoms with Crippen molar-refractivity contribution in [1.29, 1.82) is 0 Å².